The van der Waals surface area contributed by atoms with E-state index in [1.165, 1.54) is 5.56 Å². The summed E-state index contributed by atoms with van der Waals surface area (Å²) in [5.41, 5.74) is 11.3. The van der Waals surface area contributed by atoms with Gasteiger partial charge in [0.2, 0.25) is 5.95 Å². The predicted octanol–water partition coefficient (Wildman–Crippen LogP) is 3.27. The Morgan fingerprint density at radius 1 is 1.00 bits per heavy atom. The van der Waals surface area contributed by atoms with Gasteiger partial charge in [-0.1, -0.05) is 54.1 Å². The second kappa shape index (κ2) is 7.76. The van der Waals surface area contributed by atoms with Crippen LogP contribution in [0.4, 0.5) is 11.8 Å². The number of hydrogen-bond acceptors (Lipinski definition) is 6. The van der Waals surface area contributed by atoms with E-state index in [9.17, 15) is 0 Å². The first-order valence-corrected chi connectivity index (χ1v) is 10.2. The second-order valence-corrected chi connectivity index (χ2v) is 7.57. The van der Waals surface area contributed by atoms with E-state index in [2.05, 4.69) is 42.2 Å². The molecule has 30 heavy (non-hydrogen) atoms. The van der Waals surface area contributed by atoms with Crippen LogP contribution in [0.2, 0.25) is 0 Å². The van der Waals surface area contributed by atoms with Crippen molar-refractivity contribution in [2.24, 2.45) is 0 Å². The molecule has 5 rings (SSSR count). The average Bonchev–Trinajstić information content (AvgIpc) is 3.09. The summed E-state index contributed by atoms with van der Waals surface area (Å²) < 4.78 is 7.31. The Labute approximate surface area is 175 Å². The Bertz CT molecular complexity index is 1180. The van der Waals surface area contributed by atoms with Crippen molar-refractivity contribution >= 4 is 22.8 Å². The number of nitrogens with two attached hydrogens (primary N) is 1. The molecule has 152 valence electrons. The van der Waals surface area contributed by atoms with Crippen molar-refractivity contribution in [3.05, 3.63) is 65.7 Å². The molecule has 7 heteroatoms. The number of aryl methyl sites for hydroxylation is 1. The number of morpholine rings is 1. The van der Waals surface area contributed by atoms with Crippen LogP contribution in [0.3, 0.4) is 0 Å². The fourth-order valence-electron chi connectivity index (χ4n) is 3.83. The molecule has 0 amide bonds. The zero-order valence-corrected chi connectivity index (χ0v) is 17.0. The Kier molecular flexibility index (Phi) is 4.80. The van der Waals surface area contributed by atoms with Crippen molar-refractivity contribution in [3.8, 4) is 11.3 Å². The number of anilines is 2. The van der Waals surface area contributed by atoms with E-state index in [4.69, 9.17) is 25.5 Å². The molecule has 0 bridgehead atoms. The third-order valence-electron chi connectivity index (χ3n) is 5.39. The molecule has 2 aromatic carbocycles. The number of fused-ring (bicyclic) bond motifs is 1. The molecule has 0 aliphatic carbocycles. The van der Waals surface area contributed by atoms with Crippen molar-refractivity contribution in [2.75, 3.05) is 36.9 Å². The van der Waals surface area contributed by atoms with Crippen molar-refractivity contribution in [2.45, 2.75) is 13.5 Å². The zero-order chi connectivity index (χ0) is 20.5. The molecule has 0 saturated carbocycles. The molecule has 1 aliphatic rings. The van der Waals surface area contributed by atoms with Crippen molar-refractivity contribution in [1.29, 1.82) is 0 Å². The standard InChI is InChI=1S/C23H24N6O/c1-16-6-5-9-18(14-16)20-19-21(24)29(15-17-7-3-2-4-8-17)27-22(19)26-23(25-20)28-10-12-30-13-11-28/h2-9,14H,10-13,15,24H2,1H3. The zero-order valence-electron chi connectivity index (χ0n) is 17.0. The summed E-state index contributed by atoms with van der Waals surface area (Å²) in [5.74, 6) is 1.26. The van der Waals surface area contributed by atoms with E-state index in [-0.39, 0.29) is 0 Å². The van der Waals surface area contributed by atoms with Crippen molar-refractivity contribution in [3.63, 3.8) is 0 Å². The first-order valence-electron chi connectivity index (χ1n) is 10.2. The fourth-order valence-corrected chi connectivity index (χ4v) is 3.83. The average molecular weight is 400 g/mol. The molecular weight excluding hydrogens is 376 g/mol. The molecular formula is C23H24N6O. The van der Waals surface area contributed by atoms with Crippen LogP contribution in [-0.4, -0.2) is 46.1 Å². The van der Waals surface area contributed by atoms with E-state index < -0.39 is 0 Å². The highest BCUT2D eigenvalue weighted by atomic mass is 16.5. The maximum atomic E-state index is 6.58. The van der Waals surface area contributed by atoms with Crippen LogP contribution >= 0.6 is 0 Å². The van der Waals surface area contributed by atoms with Gasteiger partial charge in [-0.25, -0.2) is 9.67 Å². The van der Waals surface area contributed by atoms with Gasteiger partial charge < -0.3 is 15.4 Å². The third-order valence-corrected chi connectivity index (χ3v) is 5.39. The quantitative estimate of drug-likeness (QED) is 0.566. The second-order valence-electron chi connectivity index (χ2n) is 7.57. The SMILES string of the molecule is Cc1cccc(-c2nc(N3CCOCC3)nc3nn(Cc4ccccc4)c(N)c23)c1. The molecule has 3 heterocycles. The topological polar surface area (TPSA) is 82.1 Å². The first kappa shape index (κ1) is 18.6. The van der Waals surface area contributed by atoms with E-state index >= 15 is 0 Å². The Balaban J connectivity index is 1.67. The molecule has 1 saturated heterocycles. The van der Waals surface area contributed by atoms with Crippen LogP contribution < -0.4 is 10.6 Å². The van der Waals surface area contributed by atoms with E-state index in [1.807, 2.05) is 28.9 Å². The highest BCUT2D eigenvalue weighted by Gasteiger charge is 2.22. The van der Waals surface area contributed by atoms with Gasteiger partial charge in [0.25, 0.3) is 0 Å². The summed E-state index contributed by atoms with van der Waals surface area (Å²) in [6, 6.07) is 18.5. The summed E-state index contributed by atoms with van der Waals surface area (Å²) in [6.45, 7) is 5.53. The lowest BCUT2D eigenvalue weighted by atomic mass is 10.1. The predicted molar refractivity (Wildman–Crippen MR) is 118 cm³/mol. The lowest BCUT2D eigenvalue weighted by Crippen LogP contribution is -2.37. The number of nitrogen functional groups attached to an aromatic ring is 1. The molecule has 0 spiro atoms. The maximum absolute atomic E-state index is 6.58. The van der Waals surface area contributed by atoms with Gasteiger partial charge in [0.05, 0.1) is 30.8 Å². The number of nitrogens with zero attached hydrogens (tertiary/aromatic N) is 5. The molecule has 4 aromatic rings. The van der Waals surface area contributed by atoms with Crippen LogP contribution in [-0.2, 0) is 11.3 Å². The van der Waals surface area contributed by atoms with Gasteiger partial charge in [0.15, 0.2) is 5.65 Å². The van der Waals surface area contributed by atoms with Gasteiger partial charge in [0.1, 0.15) is 5.82 Å². The van der Waals surface area contributed by atoms with Gasteiger partial charge in [0, 0.05) is 18.7 Å². The lowest BCUT2D eigenvalue weighted by molar-refractivity contribution is 0.122. The van der Waals surface area contributed by atoms with E-state index in [1.54, 1.807) is 0 Å². The Morgan fingerprint density at radius 2 is 1.80 bits per heavy atom. The first-order chi connectivity index (χ1) is 14.7. The lowest BCUT2D eigenvalue weighted by Gasteiger charge is -2.27. The monoisotopic (exact) mass is 400 g/mol. The van der Waals surface area contributed by atoms with Crippen LogP contribution in [0, 0.1) is 6.92 Å². The molecule has 0 unspecified atom stereocenters. The maximum Gasteiger partial charge on any atom is 0.228 e. The highest BCUT2D eigenvalue weighted by Crippen LogP contribution is 2.33. The number of ether oxygens (including phenoxy) is 1. The summed E-state index contributed by atoms with van der Waals surface area (Å²) in [7, 11) is 0. The van der Waals surface area contributed by atoms with Gasteiger partial charge in [-0.05, 0) is 18.6 Å². The van der Waals surface area contributed by atoms with Gasteiger partial charge in [-0.2, -0.15) is 4.98 Å². The molecule has 1 aliphatic heterocycles. The number of hydrogen-bond donors (Lipinski definition) is 1. The van der Waals surface area contributed by atoms with Crippen molar-refractivity contribution < 1.29 is 4.74 Å². The third kappa shape index (κ3) is 3.48. The van der Waals surface area contributed by atoms with Crippen LogP contribution in [0.1, 0.15) is 11.1 Å². The molecule has 0 radical (unpaired) electrons. The smallest absolute Gasteiger partial charge is 0.228 e. The molecule has 2 N–H and O–H groups in total. The Morgan fingerprint density at radius 3 is 2.57 bits per heavy atom. The van der Waals surface area contributed by atoms with Gasteiger partial charge in [-0.3, -0.25) is 0 Å². The van der Waals surface area contributed by atoms with E-state index in [0.717, 1.165) is 35.3 Å². The van der Waals surface area contributed by atoms with Crippen LogP contribution in [0.15, 0.2) is 54.6 Å². The normalized spacial score (nSPS) is 14.4. The van der Waals surface area contributed by atoms with Gasteiger partial charge in [-0.15, -0.1) is 5.10 Å². The molecule has 1 fully saturated rings. The summed E-state index contributed by atoms with van der Waals surface area (Å²) in [6.07, 6.45) is 0. The summed E-state index contributed by atoms with van der Waals surface area (Å²) in [5, 5.41) is 5.55. The van der Waals surface area contributed by atoms with Crippen LogP contribution in [0.25, 0.3) is 22.3 Å². The minimum atomic E-state index is 0.582. The van der Waals surface area contributed by atoms with Crippen LogP contribution in [0.5, 0.6) is 0 Å². The minimum Gasteiger partial charge on any atom is -0.383 e. The largest absolute Gasteiger partial charge is 0.383 e. The highest BCUT2D eigenvalue weighted by molar-refractivity contribution is 5.99. The Hall–Kier alpha value is -3.45. The van der Waals surface area contributed by atoms with Gasteiger partial charge >= 0.3 is 0 Å². The number of rotatable bonds is 4. The fraction of sp³-hybridized carbons (Fsp3) is 0.261. The molecule has 7 nitrogen and oxygen atoms in total. The number of aromatic nitrogens is 4. The minimum absolute atomic E-state index is 0.582. The van der Waals surface area contributed by atoms with Crippen molar-refractivity contribution in [1.82, 2.24) is 19.7 Å². The summed E-state index contributed by atoms with van der Waals surface area (Å²) in [4.78, 5) is 11.9. The molecule has 0 atom stereocenters. The summed E-state index contributed by atoms with van der Waals surface area (Å²) >= 11 is 0. The number of benzene rings is 2. The van der Waals surface area contributed by atoms with E-state index in [0.29, 0.717) is 37.2 Å². The molecule has 2 aromatic heterocycles.